The Morgan fingerprint density at radius 2 is 1.76 bits per heavy atom. The fourth-order valence-electron chi connectivity index (χ4n) is 4.76. The summed E-state index contributed by atoms with van der Waals surface area (Å²) in [4.78, 5) is 11.1. The van der Waals surface area contributed by atoms with Gasteiger partial charge in [-0.25, -0.2) is 4.79 Å². The van der Waals surface area contributed by atoms with Crippen molar-refractivity contribution in [3.63, 3.8) is 0 Å². The average molecular weight is 556 g/mol. The molecule has 0 bridgehead atoms. The van der Waals surface area contributed by atoms with Gasteiger partial charge in [0.15, 0.2) is 0 Å². The highest BCUT2D eigenvalue weighted by molar-refractivity contribution is 6.39. The van der Waals surface area contributed by atoms with Crippen molar-refractivity contribution in [3.8, 4) is 17.0 Å². The number of carboxylic acids is 1. The minimum absolute atomic E-state index is 0.200. The van der Waals surface area contributed by atoms with Crippen molar-refractivity contribution < 1.29 is 20.5 Å². The summed E-state index contributed by atoms with van der Waals surface area (Å²) in [6, 6.07) is 17.7. The van der Waals surface area contributed by atoms with Crippen LogP contribution in [0.5, 0.6) is 5.75 Å². The molecule has 5 nitrogen and oxygen atoms in total. The number of benzene rings is 3. The SMILES string of the molecule is [2H]C(Oc1ccc([C@H]2C[C@H]2c2ccc(C(=O)O)cc2)c(Cl)c1)c1c(-c2c(Cl)cccc2Cl)noc1C1CC1. The highest BCUT2D eigenvalue weighted by atomic mass is 35.5. The van der Waals surface area contributed by atoms with Crippen LogP contribution in [0.15, 0.2) is 65.2 Å². The fourth-order valence-corrected chi connectivity index (χ4v) is 5.64. The Morgan fingerprint density at radius 1 is 1.03 bits per heavy atom. The molecule has 8 heteroatoms. The Kier molecular flexibility index (Phi) is 6.08. The molecular weight excluding hydrogens is 533 g/mol. The van der Waals surface area contributed by atoms with Gasteiger partial charge in [0.2, 0.25) is 0 Å². The quantitative estimate of drug-likeness (QED) is 0.235. The molecule has 0 radical (unpaired) electrons. The Morgan fingerprint density at radius 3 is 2.41 bits per heavy atom. The van der Waals surface area contributed by atoms with Crippen molar-refractivity contribution in [2.75, 3.05) is 0 Å². The number of halogens is 3. The molecule has 1 N–H and O–H groups in total. The van der Waals surface area contributed by atoms with Gasteiger partial charge in [0.1, 0.15) is 23.8 Å². The normalized spacial score (nSPS) is 19.8. The van der Waals surface area contributed by atoms with Gasteiger partial charge in [0.05, 0.1) is 22.5 Å². The van der Waals surface area contributed by atoms with Crippen molar-refractivity contribution in [3.05, 3.63) is 104 Å². The molecule has 2 saturated carbocycles. The van der Waals surface area contributed by atoms with E-state index in [-0.39, 0.29) is 23.3 Å². The number of carbonyl (C=O) groups is 1. The molecular formula is C29H22Cl3NO4. The third-order valence-electron chi connectivity index (χ3n) is 6.96. The summed E-state index contributed by atoms with van der Waals surface area (Å²) in [6.07, 6.45) is 2.86. The van der Waals surface area contributed by atoms with E-state index < -0.39 is 12.6 Å². The maximum Gasteiger partial charge on any atom is 0.335 e. The molecule has 0 spiro atoms. The molecule has 2 fully saturated rings. The molecule has 3 atom stereocenters. The van der Waals surface area contributed by atoms with Crippen LogP contribution in [-0.2, 0) is 6.58 Å². The van der Waals surface area contributed by atoms with E-state index in [0.29, 0.717) is 43.4 Å². The second-order valence-corrected chi connectivity index (χ2v) is 10.7. The van der Waals surface area contributed by atoms with Crippen molar-refractivity contribution >= 4 is 40.8 Å². The minimum atomic E-state index is -1.12. The topological polar surface area (TPSA) is 72.6 Å². The van der Waals surface area contributed by atoms with Crippen LogP contribution in [0.4, 0.5) is 0 Å². The number of carboxylic acid groups (broad SMARTS) is 1. The zero-order valence-corrected chi connectivity index (χ0v) is 21.7. The van der Waals surface area contributed by atoms with E-state index in [4.69, 9.17) is 50.5 Å². The van der Waals surface area contributed by atoms with Crippen LogP contribution in [0.3, 0.4) is 0 Å². The van der Waals surface area contributed by atoms with Gasteiger partial charge in [0, 0.05) is 16.5 Å². The van der Waals surface area contributed by atoms with E-state index >= 15 is 0 Å². The lowest BCUT2D eigenvalue weighted by atomic mass is 10.0. The molecule has 188 valence electrons. The molecule has 3 aromatic carbocycles. The molecule has 1 heterocycles. The van der Waals surface area contributed by atoms with E-state index in [1.54, 1.807) is 36.4 Å². The van der Waals surface area contributed by atoms with E-state index in [0.717, 1.165) is 30.4 Å². The first-order valence-electron chi connectivity index (χ1n) is 12.5. The summed E-state index contributed by atoms with van der Waals surface area (Å²) >= 11 is 19.6. The summed E-state index contributed by atoms with van der Waals surface area (Å²) in [5.74, 6) is 0.882. The Bertz CT molecular complexity index is 1510. The second kappa shape index (κ2) is 9.71. The second-order valence-electron chi connectivity index (χ2n) is 9.47. The molecule has 0 amide bonds. The number of nitrogens with zero attached hydrogens (tertiary/aromatic N) is 1. The predicted octanol–water partition coefficient (Wildman–Crippen LogP) is 8.73. The predicted molar refractivity (Wildman–Crippen MR) is 143 cm³/mol. The molecule has 1 unspecified atom stereocenters. The molecule has 2 aliphatic carbocycles. The van der Waals surface area contributed by atoms with Gasteiger partial charge < -0.3 is 14.4 Å². The fraction of sp³-hybridized carbons (Fsp3) is 0.241. The van der Waals surface area contributed by atoms with Gasteiger partial charge in [-0.3, -0.25) is 0 Å². The van der Waals surface area contributed by atoms with Crippen LogP contribution in [0.2, 0.25) is 15.1 Å². The zero-order chi connectivity index (χ0) is 26.6. The third kappa shape index (κ3) is 4.84. The van der Waals surface area contributed by atoms with Gasteiger partial charge in [-0.15, -0.1) is 0 Å². The molecule has 2 aliphatic rings. The lowest BCUT2D eigenvalue weighted by Crippen LogP contribution is -2.00. The standard InChI is InChI=1S/C29H22Cl3NO4/c30-23-2-1-3-24(31)26(23)27-22(28(37-33-27)16-6-7-16)14-36-18-10-11-19(25(32)12-18)21-13-20(21)15-4-8-17(9-5-15)29(34)35/h1-5,8-12,16,20-21H,6-7,13-14H2,(H,34,35)/t20-,21+/m0/s1/i14D/t14?,20-,21+. The summed E-state index contributed by atoms with van der Waals surface area (Å²) in [5.41, 5.74) is 3.82. The maximum absolute atomic E-state index is 11.1. The molecule has 1 aromatic heterocycles. The molecule has 0 saturated heterocycles. The number of rotatable bonds is 8. The van der Waals surface area contributed by atoms with Crippen LogP contribution in [-0.4, -0.2) is 16.2 Å². The molecule has 0 aliphatic heterocycles. The minimum Gasteiger partial charge on any atom is -0.489 e. The van der Waals surface area contributed by atoms with Gasteiger partial charge >= 0.3 is 5.97 Å². The number of hydrogen-bond acceptors (Lipinski definition) is 4. The number of hydrogen-bond donors (Lipinski definition) is 1. The van der Waals surface area contributed by atoms with Crippen LogP contribution in [0, 0.1) is 0 Å². The van der Waals surface area contributed by atoms with E-state index in [1.165, 1.54) is 0 Å². The largest absolute Gasteiger partial charge is 0.489 e. The molecule has 4 aromatic rings. The summed E-state index contributed by atoms with van der Waals surface area (Å²) < 4.78 is 20.6. The smallest absolute Gasteiger partial charge is 0.335 e. The summed E-state index contributed by atoms with van der Waals surface area (Å²) in [5, 5.41) is 14.8. The third-order valence-corrected chi connectivity index (χ3v) is 7.92. The number of aromatic nitrogens is 1. The highest BCUT2D eigenvalue weighted by Crippen LogP contribution is 2.56. The molecule has 6 rings (SSSR count). The average Bonchev–Trinajstić information content (AvgIpc) is 3.82. The Labute approximate surface area is 230 Å². The Hall–Kier alpha value is -2.99. The van der Waals surface area contributed by atoms with Gasteiger partial charge in [-0.05, 0) is 78.6 Å². The lowest BCUT2D eigenvalue weighted by Gasteiger charge is -2.11. The van der Waals surface area contributed by atoms with E-state index in [1.807, 2.05) is 24.3 Å². The van der Waals surface area contributed by atoms with Gasteiger partial charge in [0.25, 0.3) is 0 Å². The molecule has 37 heavy (non-hydrogen) atoms. The van der Waals surface area contributed by atoms with Gasteiger partial charge in [-0.2, -0.15) is 0 Å². The first-order valence-corrected chi connectivity index (χ1v) is 13.1. The summed E-state index contributed by atoms with van der Waals surface area (Å²) in [7, 11) is 0. The number of ether oxygens (including phenoxy) is 1. The first kappa shape index (κ1) is 23.2. The van der Waals surface area contributed by atoms with Crippen LogP contribution in [0.25, 0.3) is 11.3 Å². The monoisotopic (exact) mass is 554 g/mol. The van der Waals surface area contributed by atoms with Crippen LogP contribution < -0.4 is 4.74 Å². The maximum atomic E-state index is 11.1. The highest BCUT2D eigenvalue weighted by Gasteiger charge is 2.40. The van der Waals surface area contributed by atoms with Crippen molar-refractivity contribution in [1.82, 2.24) is 5.16 Å². The van der Waals surface area contributed by atoms with Crippen molar-refractivity contribution in [2.24, 2.45) is 0 Å². The number of aromatic carboxylic acids is 1. The van der Waals surface area contributed by atoms with Crippen molar-refractivity contribution in [1.29, 1.82) is 0 Å². The van der Waals surface area contributed by atoms with E-state index in [2.05, 4.69) is 5.16 Å². The first-order chi connectivity index (χ1) is 18.3. The Balaban J connectivity index is 1.23. The van der Waals surface area contributed by atoms with E-state index in [9.17, 15) is 4.79 Å². The van der Waals surface area contributed by atoms with Gasteiger partial charge in [-0.1, -0.05) is 64.2 Å². The lowest BCUT2D eigenvalue weighted by molar-refractivity contribution is 0.0697. The van der Waals surface area contributed by atoms with Crippen molar-refractivity contribution in [2.45, 2.75) is 43.6 Å². The zero-order valence-electron chi connectivity index (χ0n) is 20.5. The summed E-state index contributed by atoms with van der Waals surface area (Å²) in [6.45, 7) is -1.12. The van der Waals surface area contributed by atoms with Crippen LogP contribution in [0.1, 0.15) is 71.2 Å². The van der Waals surface area contributed by atoms with Crippen LogP contribution >= 0.6 is 34.8 Å².